The van der Waals surface area contributed by atoms with Crippen molar-refractivity contribution in [1.29, 1.82) is 0 Å². The first-order valence-electron chi connectivity index (χ1n) is 7.06. The molecule has 2 unspecified atom stereocenters. The lowest BCUT2D eigenvalue weighted by Crippen LogP contribution is -2.56. The summed E-state index contributed by atoms with van der Waals surface area (Å²) < 4.78 is 0. The molecule has 2 rings (SSSR count). The number of piperidine rings is 1. The minimum absolute atomic E-state index is 0.00653. The molecule has 1 amide bonds. The van der Waals surface area contributed by atoms with Crippen LogP contribution in [0.3, 0.4) is 0 Å². The predicted molar refractivity (Wildman–Crippen MR) is 84.8 cm³/mol. The lowest BCUT2D eigenvalue weighted by Gasteiger charge is -2.47. The Morgan fingerprint density at radius 2 is 1.85 bits per heavy atom. The largest absolute Gasteiger partial charge is 0.329 e. The number of thioether (sulfide) groups is 1. The molecule has 1 aliphatic rings. The van der Waals surface area contributed by atoms with Crippen LogP contribution < -0.4 is 5.73 Å². The second-order valence-corrected chi connectivity index (χ2v) is 7.23. The van der Waals surface area contributed by atoms with E-state index in [-0.39, 0.29) is 23.5 Å². The van der Waals surface area contributed by atoms with Gasteiger partial charge in [-0.05, 0) is 51.1 Å². The molecule has 2 N–H and O–H groups in total. The Balaban J connectivity index is 2.39. The molecule has 1 aromatic carbocycles. The summed E-state index contributed by atoms with van der Waals surface area (Å²) in [7, 11) is 0. The van der Waals surface area contributed by atoms with Crippen LogP contribution in [0.1, 0.15) is 45.2 Å². The maximum Gasteiger partial charge on any atom is 0.223 e. The molecule has 4 heteroatoms. The van der Waals surface area contributed by atoms with Crippen molar-refractivity contribution < 1.29 is 4.79 Å². The Kier molecular flexibility index (Phi) is 4.45. The number of carbonyl (C=O) groups is 1. The molecule has 1 heterocycles. The Morgan fingerprint density at radius 3 is 2.35 bits per heavy atom. The first-order chi connectivity index (χ1) is 9.34. The van der Waals surface area contributed by atoms with Crippen LogP contribution >= 0.6 is 11.8 Å². The standard InChI is InChI=1S/C16H24N2OS/c1-16(2,3)18-14(19)10-9-13(17)15(18)11-5-7-12(20-4)8-6-11/h5-8,13,15H,9-10,17H2,1-4H3. The summed E-state index contributed by atoms with van der Waals surface area (Å²) in [5.74, 6) is 0.207. The maximum absolute atomic E-state index is 12.4. The summed E-state index contributed by atoms with van der Waals surface area (Å²) in [5, 5.41) is 0. The molecule has 1 aromatic rings. The molecule has 0 spiro atoms. The Labute approximate surface area is 125 Å². The van der Waals surface area contributed by atoms with E-state index in [1.54, 1.807) is 11.8 Å². The Bertz CT molecular complexity index is 478. The third kappa shape index (κ3) is 3.01. The number of hydrogen-bond donors (Lipinski definition) is 1. The number of rotatable bonds is 2. The highest BCUT2D eigenvalue weighted by atomic mass is 32.2. The SMILES string of the molecule is CSc1ccc(C2C(N)CCC(=O)N2C(C)(C)C)cc1. The van der Waals surface area contributed by atoms with E-state index in [4.69, 9.17) is 5.73 Å². The number of benzene rings is 1. The molecule has 0 aromatic heterocycles. The molecule has 0 radical (unpaired) electrons. The summed E-state index contributed by atoms with van der Waals surface area (Å²) in [4.78, 5) is 15.6. The molecule has 20 heavy (non-hydrogen) atoms. The van der Waals surface area contributed by atoms with Crippen LogP contribution in [-0.4, -0.2) is 28.6 Å². The van der Waals surface area contributed by atoms with Gasteiger partial charge in [0.05, 0.1) is 6.04 Å². The van der Waals surface area contributed by atoms with Gasteiger partial charge in [0.2, 0.25) is 5.91 Å². The van der Waals surface area contributed by atoms with Crippen LogP contribution in [-0.2, 0) is 4.79 Å². The summed E-state index contributed by atoms with van der Waals surface area (Å²) in [6.45, 7) is 6.23. The lowest BCUT2D eigenvalue weighted by atomic mass is 9.86. The zero-order chi connectivity index (χ0) is 14.9. The number of likely N-dealkylation sites (tertiary alicyclic amines) is 1. The van der Waals surface area contributed by atoms with Gasteiger partial charge in [-0.15, -0.1) is 11.8 Å². The summed E-state index contributed by atoms with van der Waals surface area (Å²) in [6, 6.07) is 8.40. The van der Waals surface area contributed by atoms with E-state index in [1.807, 2.05) is 4.90 Å². The van der Waals surface area contributed by atoms with E-state index in [9.17, 15) is 4.79 Å². The van der Waals surface area contributed by atoms with Gasteiger partial charge in [-0.3, -0.25) is 4.79 Å². The second kappa shape index (κ2) is 5.78. The molecule has 1 saturated heterocycles. The maximum atomic E-state index is 12.4. The fourth-order valence-corrected chi connectivity index (χ4v) is 3.31. The lowest BCUT2D eigenvalue weighted by molar-refractivity contribution is -0.144. The Morgan fingerprint density at radius 1 is 1.25 bits per heavy atom. The van der Waals surface area contributed by atoms with Crippen molar-refractivity contribution in [1.82, 2.24) is 4.90 Å². The van der Waals surface area contributed by atoms with Gasteiger partial charge >= 0.3 is 0 Å². The van der Waals surface area contributed by atoms with Gasteiger partial charge in [0.15, 0.2) is 0 Å². The van der Waals surface area contributed by atoms with Crippen molar-refractivity contribution in [3.8, 4) is 0 Å². The highest BCUT2D eigenvalue weighted by molar-refractivity contribution is 7.98. The summed E-state index contributed by atoms with van der Waals surface area (Å²) in [5.41, 5.74) is 7.26. The van der Waals surface area contributed by atoms with Gasteiger partial charge in [-0.25, -0.2) is 0 Å². The van der Waals surface area contributed by atoms with E-state index in [0.29, 0.717) is 6.42 Å². The van der Waals surface area contributed by atoms with Crippen LogP contribution in [0.2, 0.25) is 0 Å². The minimum Gasteiger partial charge on any atom is -0.329 e. The predicted octanol–water partition coefficient (Wildman–Crippen LogP) is 3.20. The number of carbonyl (C=O) groups excluding carboxylic acids is 1. The summed E-state index contributed by atoms with van der Waals surface area (Å²) >= 11 is 1.72. The van der Waals surface area contributed by atoms with Gasteiger partial charge < -0.3 is 10.6 Å². The van der Waals surface area contributed by atoms with Crippen molar-refractivity contribution in [2.75, 3.05) is 6.26 Å². The molecular formula is C16H24N2OS. The van der Waals surface area contributed by atoms with Gasteiger partial charge in [0.25, 0.3) is 0 Å². The number of nitrogens with zero attached hydrogens (tertiary/aromatic N) is 1. The fraction of sp³-hybridized carbons (Fsp3) is 0.562. The zero-order valence-corrected chi connectivity index (χ0v) is 13.5. The van der Waals surface area contributed by atoms with E-state index in [0.717, 1.165) is 12.0 Å². The van der Waals surface area contributed by atoms with E-state index >= 15 is 0 Å². The van der Waals surface area contributed by atoms with E-state index < -0.39 is 0 Å². The minimum atomic E-state index is -0.210. The first kappa shape index (κ1) is 15.4. The van der Waals surface area contributed by atoms with Crippen LogP contribution in [0.5, 0.6) is 0 Å². The molecule has 2 atom stereocenters. The molecular weight excluding hydrogens is 268 g/mol. The van der Waals surface area contributed by atoms with E-state index in [1.165, 1.54) is 4.90 Å². The monoisotopic (exact) mass is 292 g/mol. The van der Waals surface area contributed by atoms with Crippen LogP contribution in [0.4, 0.5) is 0 Å². The molecule has 0 saturated carbocycles. The molecule has 0 aliphatic carbocycles. The third-order valence-electron chi connectivity index (χ3n) is 3.82. The van der Waals surface area contributed by atoms with Crippen molar-refractivity contribution in [2.45, 2.75) is 56.1 Å². The first-order valence-corrected chi connectivity index (χ1v) is 8.29. The third-order valence-corrected chi connectivity index (χ3v) is 4.57. The van der Waals surface area contributed by atoms with Crippen LogP contribution in [0, 0.1) is 0 Å². The van der Waals surface area contributed by atoms with Gasteiger partial charge in [-0.1, -0.05) is 12.1 Å². The Hall–Kier alpha value is -1.00. The van der Waals surface area contributed by atoms with Crippen molar-refractivity contribution in [3.05, 3.63) is 29.8 Å². The quantitative estimate of drug-likeness (QED) is 0.852. The smallest absolute Gasteiger partial charge is 0.223 e. The average molecular weight is 292 g/mol. The van der Waals surface area contributed by atoms with Crippen molar-refractivity contribution in [3.63, 3.8) is 0 Å². The summed E-state index contributed by atoms with van der Waals surface area (Å²) in [6.07, 6.45) is 3.38. The fourth-order valence-electron chi connectivity index (χ4n) is 2.90. The van der Waals surface area contributed by atoms with E-state index in [2.05, 4.69) is 51.3 Å². The highest BCUT2D eigenvalue weighted by Crippen LogP contribution is 2.36. The molecule has 1 fully saturated rings. The van der Waals surface area contributed by atoms with Crippen LogP contribution in [0.25, 0.3) is 0 Å². The molecule has 0 bridgehead atoms. The van der Waals surface area contributed by atoms with Crippen LogP contribution in [0.15, 0.2) is 29.2 Å². The molecule has 3 nitrogen and oxygen atoms in total. The number of nitrogens with two attached hydrogens (primary N) is 1. The average Bonchev–Trinajstić information content (AvgIpc) is 2.40. The number of hydrogen-bond acceptors (Lipinski definition) is 3. The van der Waals surface area contributed by atoms with Gasteiger partial charge in [0, 0.05) is 22.9 Å². The van der Waals surface area contributed by atoms with Gasteiger partial charge in [-0.2, -0.15) is 0 Å². The highest BCUT2D eigenvalue weighted by Gasteiger charge is 2.40. The van der Waals surface area contributed by atoms with Crippen molar-refractivity contribution in [2.24, 2.45) is 5.73 Å². The zero-order valence-electron chi connectivity index (χ0n) is 12.7. The normalized spacial score (nSPS) is 24.1. The second-order valence-electron chi connectivity index (χ2n) is 6.36. The number of amides is 1. The van der Waals surface area contributed by atoms with Gasteiger partial charge in [0.1, 0.15) is 0 Å². The molecule has 110 valence electrons. The van der Waals surface area contributed by atoms with Crippen molar-refractivity contribution >= 4 is 17.7 Å². The molecule has 1 aliphatic heterocycles. The topological polar surface area (TPSA) is 46.3 Å².